The van der Waals surface area contributed by atoms with Crippen molar-refractivity contribution in [1.29, 1.82) is 0 Å². The molecule has 2 N–H and O–H groups in total. The zero-order valence-electron chi connectivity index (χ0n) is 15.6. The molecule has 0 atom stereocenters. The molecule has 0 unspecified atom stereocenters. The number of carbonyl (C=O) groups is 2. The Hall–Kier alpha value is -2.81. The van der Waals surface area contributed by atoms with Crippen molar-refractivity contribution in [2.24, 2.45) is 0 Å². The Morgan fingerprint density at radius 2 is 1.63 bits per heavy atom. The minimum Gasteiger partial charge on any atom is -0.298 e. The normalized spacial score (nSPS) is 10.5. The summed E-state index contributed by atoms with van der Waals surface area (Å²) >= 11 is 12.9. The number of rotatable bonds is 7. The number of hydrogen-bond donors (Lipinski definition) is 2. The second-order valence-electron chi connectivity index (χ2n) is 6.01. The van der Waals surface area contributed by atoms with Gasteiger partial charge in [-0.1, -0.05) is 41.0 Å². The van der Waals surface area contributed by atoms with Crippen LogP contribution in [0, 0.1) is 0 Å². The van der Waals surface area contributed by atoms with Crippen LogP contribution in [0.25, 0.3) is 11.4 Å². The molecule has 154 valence electrons. The van der Waals surface area contributed by atoms with Crippen LogP contribution in [0.3, 0.4) is 0 Å². The van der Waals surface area contributed by atoms with Crippen LogP contribution in [0.4, 0.5) is 0 Å². The van der Waals surface area contributed by atoms with Gasteiger partial charge in [-0.2, -0.15) is 0 Å². The molecule has 1 aromatic heterocycles. The van der Waals surface area contributed by atoms with Crippen molar-refractivity contribution >= 4 is 46.8 Å². The van der Waals surface area contributed by atoms with E-state index in [1.165, 1.54) is 11.8 Å². The highest BCUT2D eigenvalue weighted by atomic mass is 35.5. The van der Waals surface area contributed by atoms with Crippen LogP contribution in [-0.4, -0.2) is 32.3 Å². The van der Waals surface area contributed by atoms with E-state index in [1.54, 1.807) is 42.5 Å². The SMILES string of the molecule is C=CCn1c(SCC(=O)NNC(=O)c2ccc(Cl)cc2)nnc1-c1ccc(Cl)cc1. The van der Waals surface area contributed by atoms with Crippen molar-refractivity contribution in [2.45, 2.75) is 11.7 Å². The molecule has 2 amide bonds. The lowest BCUT2D eigenvalue weighted by Crippen LogP contribution is -2.42. The van der Waals surface area contributed by atoms with Gasteiger partial charge in [-0.25, -0.2) is 0 Å². The molecule has 2 aromatic carbocycles. The second kappa shape index (κ2) is 10.3. The molecule has 0 aliphatic rings. The minimum absolute atomic E-state index is 0.0385. The van der Waals surface area contributed by atoms with Crippen molar-refractivity contribution in [3.8, 4) is 11.4 Å². The summed E-state index contributed by atoms with van der Waals surface area (Å²) in [6, 6.07) is 13.6. The number of hydrazine groups is 1. The summed E-state index contributed by atoms with van der Waals surface area (Å²) < 4.78 is 1.85. The van der Waals surface area contributed by atoms with Gasteiger partial charge in [-0.05, 0) is 48.5 Å². The number of hydrogen-bond acceptors (Lipinski definition) is 5. The number of halogens is 2. The lowest BCUT2D eigenvalue weighted by atomic mass is 10.2. The van der Waals surface area contributed by atoms with Gasteiger partial charge in [0.1, 0.15) is 0 Å². The second-order valence-corrected chi connectivity index (χ2v) is 7.83. The van der Waals surface area contributed by atoms with Crippen LogP contribution in [0.1, 0.15) is 10.4 Å². The van der Waals surface area contributed by atoms with Gasteiger partial charge < -0.3 is 0 Å². The third-order valence-corrected chi connectivity index (χ3v) is 5.36. The van der Waals surface area contributed by atoms with Crippen molar-refractivity contribution < 1.29 is 9.59 Å². The van der Waals surface area contributed by atoms with Crippen LogP contribution < -0.4 is 10.9 Å². The van der Waals surface area contributed by atoms with E-state index < -0.39 is 5.91 Å². The standard InChI is InChI=1S/C20H17Cl2N5O2S/c1-2-11-27-18(13-3-7-15(21)8-4-13)24-26-20(27)30-12-17(28)23-25-19(29)14-5-9-16(22)10-6-14/h2-10H,1,11-12H2,(H,23,28)(H,25,29). The molecule has 3 aromatic rings. The van der Waals surface area contributed by atoms with Crippen LogP contribution >= 0.6 is 35.0 Å². The zero-order valence-corrected chi connectivity index (χ0v) is 18.0. The summed E-state index contributed by atoms with van der Waals surface area (Å²) in [4.78, 5) is 24.2. The topological polar surface area (TPSA) is 88.9 Å². The molecule has 10 heteroatoms. The van der Waals surface area contributed by atoms with Gasteiger partial charge in [-0.15, -0.1) is 16.8 Å². The highest BCUT2D eigenvalue weighted by Gasteiger charge is 2.15. The van der Waals surface area contributed by atoms with E-state index in [4.69, 9.17) is 23.2 Å². The van der Waals surface area contributed by atoms with Crippen molar-refractivity contribution in [3.05, 3.63) is 76.8 Å². The molecule has 0 aliphatic carbocycles. The number of allylic oxidation sites excluding steroid dienone is 1. The molecule has 7 nitrogen and oxygen atoms in total. The number of thioether (sulfide) groups is 1. The Morgan fingerprint density at radius 1 is 1.00 bits per heavy atom. The Balaban J connectivity index is 1.60. The smallest absolute Gasteiger partial charge is 0.269 e. The van der Waals surface area contributed by atoms with E-state index in [-0.39, 0.29) is 11.7 Å². The molecule has 0 saturated heterocycles. The first kappa shape index (κ1) is 21.9. The number of nitrogens with zero attached hydrogens (tertiary/aromatic N) is 3. The van der Waals surface area contributed by atoms with E-state index in [2.05, 4.69) is 27.6 Å². The predicted molar refractivity (Wildman–Crippen MR) is 118 cm³/mol. The molecule has 0 spiro atoms. The van der Waals surface area contributed by atoms with E-state index in [0.717, 1.165) is 5.56 Å². The average molecular weight is 462 g/mol. The fourth-order valence-corrected chi connectivity index (χ4v) is 3.47. The van der Waals surface area contributed by atoms with Crippen LogP contribution in [0.15, 0.2) is 66.3 Å². The largest absolute Gasteiger partial charge is 0.298 e. The van der Waals surface area contributed by atoms with Crippen molar-refractivity contribution in [1.82, 2.24) is 25.6 Å². The number of nitrogens with one attached hydrogen (secondary N) is 2. The summed E-state index contributed by atoms with van der Waals surface area (Å²) in [5.41, 5.74) is 5.97. The van der Waals surface area contributed by atoms with Crippen LogP contribution in [0.5, 0.6) is 0 Å². The van der Waals surface area contributed by atoms with Crippen LogP contribution in [-0.2, 0) is 11.3 Å². The fraction of sp³-hybridized carbons (Fsp3) is 0.100. The average Bonchev–Trinajstić information content (AvgIpc) is 3.14. The number of benzene rings is 2. The van der Waals surface area contributed by atoms with Gasteiger partial charge >= 0.3 is 0 Å². The summed E-state index contributed by atoms with van der Waals surface area (Å²) in [5.74, 6) is -0.143. The molecule has 0 radical (unpaired) electrons. The van der Waals surface area contributed by atoms with E-state index in [1.807, 2.05) is 16.7 Å². The third kappa shape index (κ3) is 5.63. The van der Waals surface area contributed by atoms with Crippen LogP contribution in [0.2, 0.25) is 10.0 Å². The summed E-state index contributed by atoms with van der Waals surface area (Å²) in [7, 11) is 0. The molecular formula is C20H17Cl2N5O2S. The lowest BCUT2D eigenvalue weighted by Gasteiger charge is -2.09. The molecule has 3 rings (SSSR count). The van der Waals surface area contributed by atoms with Gasteiger partial charge in [0.15, 0.2) is 11.0 Å². The van der Waals surface area contributed by atoms with Gasteiger partial charge in [0, 0.05) is 27.7 Å². The Kier molecular flexibility index (Phi) is 7.51. The fourth-order valence-electron chi connectivity index (χ4n) is 2.47. The van der Waals surface area contributed by atoms with Crippen molar-refractivity contribution in [2.75, 3.05) is 5.75 Å². The number of carbonyl (C=O) groups excluding carboxylic acids is 2. The highest BCUT2D eigenvalue weighted by molar-refractivity contribution is 7.99. The monoisotopic (exact) mass is 461 g/mol. The van der Waals surface area contributed by atoms with E-state index in [0.29, 0.717) is 33.1 Å². The number of amides is 2. The summed E-state index contributed by atoms with van der Waals surface area (Å²) in [5, 5.41) is 10.1. The van der Waals surface area contributed by atoms with Gasteiger partial charge in [0.25, 0.3) is 5.91 Å². The summed E-state index contributed by atoms with van der Waals surface area (Å²) in [6.07, 6.45) is 1.72. The maximum absolute atomic E-state index is 12.1. The first-order valence-corrected chi connectivity index (χ1v) is 10.5. The quantitative estimate of drug-likeness (QED) is 0.315. The minimum atomic E-state index is -0.440. The zero-order chi connectivity index (χ0) is 21.5. The molecule has 0 aliphatic heterocycles. The Morgan fingerprint density at radius 3 is 2.27 bits per heavy atom. The van der Waals surface area contributed by atoms with E-state index >= 15 is 0 Å². The van der Waals surface area contributed by atoms with Gasteiger partial charge in [-0.3, -0.25) is 25.0 Å². The molecule has 1 heterocycles. The Bertz CT molecular complexity index is 1050. The molecule has 0 saturated carbocycles. The maximum atomic E-state index is 12.1. The molecular weight excluding hydrogens is 445 g/mol. The third-order valence-electron chi connectivity index (χ3n) is 3.89. The lowest BCUT2D eigenvalue weighted by molar-refractivity contribution is -0.119. The Labute approximate surface area is 187 Å². The maximum Gasteiger partial charge on any atom is 0.269 e. The van der Waals surface area contributed by atoms with E-state index in [9.17, 15) is 9.59 Å². The van der Waals surface area contributed by atoms with Gasteiger partial charge in [0.2, 0.25) is 5.91 Å². The number of aromatic nitrogens is 3. The van der Waals surface area contributed by atoms with Crippen molar-refractivity contribution in [3.63, 3.8) is 0 Å². The van der Waals surface area contributed by atoms with Gasteiger partial charge in [0.05, 0.1) is 5.75 Å². The predicted octanol–water partition coefficient (Wildman–Crippen LogP) is 3.99. The highest BCUT2D eigenvalue weighted by Crippen LogP contribution is 2.25. The molecule has 0 fully saturated rings. The summed E-state index contributed by atoms with van der Waals surface area (Å²) in [6.45, 7) is 4.24. The molecule has 30 heavy (non-hydrogen) atoms. The first-order valence-electron chi connectivity index (χ1n) is 8.75. The first-order chi connectivity index (χ1) is 14.5. The molecule has 0 bridgehead atoms.